The van der Waals surface area contributed by atoms with Crippen LogP contribution < -0.4 is 19.7 Å². The van der Waals surface area contributed by atoms with E-state index in [1.165, 1.54) is 0 Å². The number of anilines is 2. The third kappa shape index (κ3) is 2.15. The summed E-state index contributed by atoms with van der Waals surface area (Å²) in [6.45, 7) is 0.190. The first-order valence-electron chi connectivity index (χ1n) is 7.93. The molecule has 1 aromatic heterocycles. The molecule has 0 bridgehead atoms. The molecule has 0 aliphatic carbocycles. The SMILES string of the molecule is O=C1c2ccccc2N[C@@H](c2ccco2)N1c1ccc2c(c1)OCO2. The van der Waals surface area contributed by atoms with Crippen LogP contribution in [0.15, 0.2) is 65.3 Å². The molecule has 0 saturated heterocycles. The second kappa shape index (κ2) is 5.31. The van der Waals surface area contributed by atoms with Crippen LogP contribution in [0, 0.1) is 0 Å². The van der Waals surface area contributed by atoms with E-state index in [9.17, 15) is 4.79 Å². The van der Waals surface area contributed by atoms with E-state index >= 15 is 0 Å². The molecule has 3 aromatic rings. The zero-order valence-corrected chi connectivity index (χ0v) is 13.1. The van der Waals surface area contributed by atoms with Crippen molar-refractivity contribution in [1.29, 1.82) is 0 Å². The summed E-state index contributed by atoms with van der Waals surface area (Å²) in [6.07, 6.45) is 1.15. The number of amides is 1. The van der Waals surface area contributed by atoms with Gasteiger partial charge in [0.1, 0.15) is 5.76 Å². The molecule has 1 amide bonds. The van der Waals surface area contributed by atoms with E-state index < -0.39 is 6.17 Å². The Kier molecular flexibility index (Phi) is 2.97. The van der Waals surface area contributed by atoms with Crippen molar-refractivity contribution in [1.82, 2.24) is 0 Å². The minimum absolute atomic E-state index is 0.102. The second-order valence-electron chi connectivity index (χ2n) is 5.82. The Hall–Kier alpha value is -3.41. The van der Waals surface area contributed by atoms with Gasteiger partial charge in [-0.3, -0.25) is 9.69 Å². The Morgan fingerprint density at radius 1 is 1.00 bits per heavy atom. The second-order valence-corrected chi connectivity index (χ2v) is 5.82. The zero-order valence-electron chi connectivity index (χ0n) is 13.1. The van der Waals surface area contributed by atoms with Crippen LogP contribution in [0.4, 0.5) is 11.4 Å². The average Bonchev–Trinajstić information content (AvgIpc) is 3.33. The first kappa shape index (κ1) is 14.0. The van der Waals surface area contributed by atoms with E-state index in [-0.39, 0.29) is 12.7 Å². The Bertz CT molecular complexity index is 952. The molecule has 2 aliphatic heterocycles. The average molecular weight is 334 g/mol. The summed E-state index contributed by atoms with van der Waals surface area (Å²) >= 11 is 0. The van der Waals surface area contributed by atoms with Gasteiger partial charge in [0.05, 0.1) is 17.5 Å². The molecular weight excluding hydrogens is 320 g/mol. The van der Waals surface area contributed by atoms with Gasteiger partial charge in [-0.25, -0.2) is 0 Å². The van der Waals surface area contributed by atoms with Crippen molar-refractivity contribution in [2.45, 2.75) is 6.17 Å². The molecule has 0 unspecified atom stereocenters. The van der Waals surface area contributed by atoms with Gasteiger partial charge in [-0.05, 0) is 36.4 Å². The molecule has 2 aromatic carbocycles. The molecule has 5 rings (SSSR count). The molecule has 1 atom stereocenters. The fourth-order valence-corrected chi connectivity index (χ4v) is 3.20. The molecule has 2 aliphatic rings. The largest absolute Gasteiger partial charge is 0.465 e. The summed E-state index contributed by atoms with van der Waals surface area (Å²) in [4.78, 5) is 14.9. The van der Waals surface area contributed by atoms with Gasteiger partial charge in [-0.1, -0.05) is 12.1 Å². The lowest BCUT2D eigenvalue weighted by Gasteiger charge is -2.36. The van der Waals surface area contributed by atoms with E-state index in [2.05, 4.69) is 5.32 Å². The van der Waals surface area contributed by atoms with Crippen molar-refractivity contribution < 1.29 is 18.7 Å². The highest BCUT2D eigenvalue weighted by Gasteiger charge is 2.36. The normalized spacial score (nSPS) is 18.0. The lowest BCUT2D eigenvalue weighted by Crippen LogP contribution is -2.43. The Balaban J connectivity index is 1.65. The van der Waals surface area contributed by atoms with Crippen molar-refractivity contribution in [3.8, 4) is 11.5 Å². The molecule has 0 saturated carbocycles. The highest BCUT2D eigenvalue weighted by Crippen LogP contribution is 2.41. The molecule has 124 valence electrons. The maximum Gasteiger partial charge on any atom is 0.262 e. The molecule has 0 spiro atoms. The van der Waals surface area contributed by atoms with E-state index in [4.69, 9.17) is 13.9 Å². The summed E-state index contributed by atoms with van der Waals surface area (Å²) in [6, 6.07) is 16.6. The molecule has 0 radical (unpaired) electrons. The molecule has 3 heterocycles. The highest BCUT2D eigenvalue weighted by atomic mass is 16.7. The van der Waals surface area contributed by atoms with Crippen LogP contribution in [-0.4, -0.2) is 12.7 Å². The van der Waals surface area contributed by atoms with Gasteiger partial charge in [-0.2, -0.15) is 0 Å². The minimum atomic E-state index is -0.447. The smallest absolute Gasteiger partial charge is 0.262 e. The van der Waals surface area contributed by atoms with Gasteiger partial charge in [0.15, 0.2) is 17.7 Å². The zero-order chi connectivity index (χ0) is 16.8. The molecular formula is C19H14N2O4. The number of ether oxygens (including phenoxy) is 2. The van der Waals surface area contributed by atoms with Gasteiger partial charge in [0.2, 0.25) is 6.79 Å². The van der Waals surface area contributed by atoms with E-state index in [1.807, 2.05) is 48.5 Å². The fourth-order valence-electron chi connectivity index (χ4n) is 3.20. The Morgan fingerprint density at radius 3 is 2.76 bits per heavy atom. The van der Waals surface area contributed by atoms with Gasteiger partial charge >= 0.3 is 0 Å². The van der Waals surface area contributed by atoms with Gasteiger partial charge in [0, 0.05) is 11.8 Å². The van der Waals surface area contributed by atoms with Crippen LogP contribution in [0.25, 0.3) is 0 Å². The number of rotatable bonds is 2. The number of nitrogens with zero attached hydrogens (tertiary/aromatic N) is 1. The highest BCUT2D eigenvalue weighted by molar-refractivity contribution is 6.12. The van der Waals surface area contributed by atoms with Crippen molar-refractivity contribution in [2.75, 3.05) is 17.0 Å². The van der Waals surface area contributed by atoms with Crippen molar-refractivity contribution >= 4 is 17.3 Å². The van der Waals surface area contributed by atoms with Crippen LogP contribution >= 0.6 is 0 Å². The maximum atomic E-state index is 13.2. The number of furan rings is 1. The summed E-state index contributed by atoms with van der Waals surface area (Å²) in [7, 11) is 0. The van der Waals surface area contributed by atoms with Crippen LogP contribution in [0.5, 0.6) is 11.5 Å². The Morgan fingerprint density at radius 2 is 1.88 bits per heavy atom. The van der Waals surface area contributed by atoms with Gasteiger partial charge < -0.3 is 19.2 Å². The number of nitrogens with one attached hydrogen (secondary N) is 1. The minimum Gasteiger partial charge on any atom is -0.465 e. The fraction of sp³-hybridized carbons (Fsp3) is 0.105. The first-order valence-corrected chi connectivity index (χ1v) is 7.93. The maximum absolute atomic E-state index is 13.2. The van der Waals surface area contributed by atoms with Gasteiger partial charge in [0.25, 0.3) is 5.91 Å². The number of hydrogen-bond acceptors (Lipinski definition) is 5. The molecule has 6 nitrogen and oxygen atoms in total. The van der Waals surface area contributed by atoms with E-state index in [1.54, 1.807) is 17.2 Å². The van der Waals surface area contributed by atoms with Gasteiger partial charge in [-0.15, -0.1) is 0 Å². The lowest BCUT2D eigenvalue weighted by atomic mass is 10.1. The lowest BCUT2D eigenvalue weighted by molar-refractivity contribution is 0.0972. The first-order chi connectivity index (χ1) is 12.3. The topological polar surface area (TPSA) is 63.9 Å². The summed E-state index contributed by atoms with van der Waals surface area (Å²) in [5.41, 5.74) is 2.10. The van der Waals surface area contributed by atoms with Crippen molar-refractivity contribution in [3.63, 3.8) is 0 Å². The predicted molar refractivity (Wildman–Crippen MR) is 90.9 cm³/mol. The Labute approximate surface area is 143 Å². The van der Waals surface area contributed by atoms with E-state index in [0.717, 1.165) is 5.69 Å². The predicted octanol–water partition coefficient (Wildman–Crippen LogP) is 3.78. The molecule has 0 fully saturated rings. The molecule has 25 heavy (non-hydrogen) atoms. The number of para-hydroxylation sites is 1. The number of carbonyl (C=O) groups is 1. The van der Waals surface area contributed by atoms with Crippen LogP contribution in [0.2, 0.25) is 0 Å². The third-order valence-electron chi connectivity index (χ3n) is 4.37. The number of hydrogen-bond donors (Lipinski definition) is 1. The summed E-state index contributed by atoms with van der Waals surface area (Å²) in [5.74, 6) is 1.86. The quantitative estimate of drug-likeness (QED) is 0.773. The van der Waals surface area contributed by atoms with Crippen LogP contribution in [0.1, 0.15) is 22.3 Å². The molecule has 1 N–H and O–H groups in total. The standard InChI is InChI=1S/C19H14N2O4/c22-19-13-4-1-2-5-14(13)20-18(16-6-3-9-23-16)21(19)12-7-8-15-17(10-12)25-11-24-15/h1-10,18,20H,11H2/t18-/m1/s1. The number of carbonyl (C=O) groups excluding carboxylic acids is 1. The number of benzene rings is 2. The third-order valence-corrected chi connectivity index (χ3v) is 4.37. The van der Waals surface area contributed by atoms with Crippen LogP contribution in [0.3, 0.4) is 0 Å². The molecule has 6 heteroatoms. The number of fused-ring (bicyclic) bond motifs is 2. The van der Waals surface area contributed by atoms with E-state index in [0.29, 0.717) is 28.5 Å². The van der Waals surface area contributed by atoms with Crippen LogP contribution in [-0.2, 0) is 0 Å². The summed E-state index contributed by atoms with van der Waals surface area (Å²) in [5, 5.41) is 3.39. The van der Waals surface area contributed by atoms with Crippen molar-refractivity contribution in [2.24, 2.45) is 0 Å². The van der Waals surface area contributed by atoms with Crippen molar-refractivity contribution in [3.05, 3.63) is 72.2 Å². The monoisotopic (exact) mass is 334 g/mol. The summed E-state index contributed by atoms with van der Waals surface area (Å²) < 4.78 is 16.4.